The van der Waals surface area contributed by atoms with Crippen LogP contribution in [0.4, 0.5) is 17.8 Å². The molecule has 84 valence electrons. The number of carbonyl (C=O) groups is 1. The van der Waals surface area contributed by atoms with Gasteiger partial charge < -0.3 is 25.9 Å². The molecule has 15 heavy (non-hydrogen) atoms. The summed E-state index contributed by atoms with van der Waals surface area (Å²) >= 11 is -2.68. The van der Waals surface area contributed by atoms with Gasteiger partial charge in [-0.3, -0.25) is 4.79 Å². The molecule has 0 aliphatic heterocycles. The molecule has 11 heteroatoms. The first-order chi connectivity index (χ1) is 6.95. The zero-order valence-corrected chi connectivity index (χ0v) is 8.01. The van der Waals surface area contributed by atoms with Gasteiger partial charge in [-0.25, -0.2) is 4.21 Å². The average Bonchev–Trinajstić information content (AvgIpc) is 2.00. The van der Waals surface area contributed by atoms with E-state index >= 15 is 0 Å². The van der Waals surface area contributed by atoms with Crippen molar-refractivity contribution in [3.8, 4) is 0 Å². The molecule has 1 rings (SSSR count). The van der Waals surface area contributed by atoms with Gasteiger partial charge in [-0.2, -0.15) is 15.0 Å². The Morgan fingerprint density at radius 1 is 1.13 bits per heavy atom. The van der Waals surface area contributed by atoms with Crippen LogP contribution in [0, 0.1) is 0 Å². The van der Waals surface area contributed by atoms with Gasteiger partial charge in [0.05, 0.1) is 0 Å². The normalized spacial score (nSPS) is 10.7. The summed E-state index contributed by atoms with van der Waals surface area (Å²) in [4.78, 5) is 19.5. The summed E-state index contributed by atoms with van der Waals surface area (Å²) in [5, 5.41) is 0. The molecule has 0 saturated heterocycles. The summed E-state index contributed by atoms with van der Waals surface area (Å²) in [6, 6.07) is 0. The molecule has 0 radical (unpaired) electrons. The molecular weight excluding hydrogens is 228 g/mol. The first-order valence-corrected chi connectivity index (χ1v) is 4.18. The van der Waals surface area contributed by atoms with E-state index in [-0.39, 0.29) is 24.3 Å². The predicted molar refractivity (Wildman–Crippen MR) is 49.1 cm³/mol. The maximum Gasteiger partial charge on any atom is 0.306 e. The number of rotatable bonds is 2. The fourth-order valence-corrected chi connectivity index (χ4v) is 0.523. The van der Waals surface area contributed by atoms with Crippen molar-refractivity contribution in [2.75, 3.05) is 17.2 Å². The number of anilines is 3. The van der Waals surface area contributed by atoms with E-state index in [9.17, 15) is 0 Å². The van der Waals surface area contributed by atoms with Crippen LogP contribution in [0.25, 0.3) is 0 Å². The second kappa shape index (κ2) is 6.44. The number of carbonyl (C=O) groups excluding carboxylic acids is 1. The minimum atomic E-state index is -2.68. The van der Waals surface area contributed by atoms with Crippen molar-refractivity contribution in [2.24, 2.45) is 0 Å². The van der Waals surface area contributed by atoms with E-state index in [1.54, 1.807) is 0 Å². The van der Waals surface area contributed by atoms with Gasteiger partial charge in [0.15, 0.2) is 0 Å². The number of nitrogen functional groups attached to an aromatic ring is 3. The van der Waals surface area contributed by atoms with Crippen LogP contribution in [-0.2, 0) is 20.3 Å². The Balaban J connectivity index is 0.000000288. The van der Waals surface area contributed by atoms with Gasteiger partial charge in [-0.1, -0.05) is 0 Å². The molecule has 1 atom stereocenters. The summed E-state index contributed by atoms with van der Waals surface area (Å²) in [6.07, 6.45) is 0. The Kier molecular flexibility index (Phi) is 5.58. The lowest BCUT2D eigenvalue weighted by Gasteiger charge is -1.94. The lowest BCUT2D eigenvalue weighted by atomic mass is 10.9. The largest absolute Gasteiger partial charge is 0.740 e. The van der Waals surface area contributed by atoms with Gasteiger partial charge in [0, 0.05) is 0 Å². The summed E-state index contributed by atoms with van der Waals surface area (Å²) in [5.41, 5.74) is 15.4. The maximum atomic E-state index is 9.15. The van der Waals surface area contributed by atoms with Gasteiger partial charge in [-0.05, 0) is 0 Å². The van der Waals surface area contributed by atoms with E-state index in [0.29, 0.717) is 0 Å². The quantitative estimate of drug-likeness (QED) is 0.367. The summed E-state index contributed by atoms with van der Waals surface area (Å²) in [7, 11) is 0. The molecular formula is C4H7N6O4S-. The summed E-state index contributed by atoms with van der Waals surface area (Å²) in [5.74, 6) is 0.125. The number of hydrogen-bond donors (Lipinski definition) is 3. The predicted octanol–water partition coefficient (Wildman–Crippen LogP) is -2.43. The highest BCUT2D eigenvalue weighted by Gasteiger charge is 1.93. The molecule has 0 saturated carbocycles. The van der Waals surface area contributed by atoms with Crippen molar-refractivity contribution in [1.82, 2.24) is 15.0 Å². The number of hydrogen-bond acceptors (Lipinski definition) is 10. The third kappa shape index (κ3) is 7.09. The molecule has 0 amide bonds. The Morgan fingerprint density at radius 2 is 1.47 bits per heavy atom. The molecule has 0 fully saturated rings. The molecule has 1 aromatic rings. The van der Waals surface area contributed by atoms with Crippen LogP contribution >= 0.6 is 0 Å². The first-order valence-electron chi connectivity index (χ1n) is 3.18. The Morgan fingerprint density at radius 3 is 1.60 bits per heavy atom. The van der Waals surface area contributed by atoms with Crippen molar-refractivity contribution < 1.29 is 17.7 Å². The third-order valence-electron chi connectivity index (χ3n) is 0.805. The zero-order chi connectivity index (χ0) is 11.8. The lowest BCUT2D eigenvalue weighted by molar-refractivity contribution is -0.120. The molecule has 1 unspecified atom stereocenters. The van der Waals surface area contributed by atoms with E-state index in [1.807, 2.05) is 0 Å². The highest BCUT2D eigenvalue weighted by Crippen LogP contribution is 1.97. The minimum absolute atomic E-state index is 0.0417. The highest BCUT2D eigenvalue weighted by atomic mass is 32.2. The SMILES string of the molecule is Nc1nc(N)nc(N)n1.O=COS(=O)[O-]. The maximum absolute atomic E-state index is 9.15. The second-order valence-electron chi connectivity index (χ2n) is 1.81. The molecule has 0 aliphatic rings. The van der Waals surface area contributed by atoms with Crippen LogP contribution in [-0.4, -0.2) is 30.2 Å². The van der Waals surface area contributed by atoms with Crippen LogP contribution in [0.5, 0.6) is 0 Å². The van der Waals surface area contributed by atoms with E-state index in [4.69, 9.17) is 30.8 Å². The van der Waals surface area contributed by atoms with Gasteiger partial charge in [0.2, 0.25) is 17.8 Å². The average molecular weight is 235 g/mol. The Bertz CT molecular complexity index is 309. The monoisotopic (exact) mass is 235 g/mol. The van der Waals surface area contributed by atoms with E-state index in [2.05, 4.69) is 19.1 Å². The molecule has 0 aromatic carbocycles. The van der Waals surface area contributed by atoms with Crippen molar-refractivity contribution >= 4 is 35.7 Å². The smallest absolute Gasteiger partial charge is 0.306 e. The fraction of sp³-hybridized carbons (Fsp3) is 0. The standard InChI is InChI=1S/C3H6N6.CH2O4S/c4-1-7-2(5)9-3(6)8-1;2-1-5-6(3)4/h(H6,4,5,6,7,8,9);1H,(H,3,4)/p-1. The molecule has 0 spiro atoms. The molecule has 1 aromatic heterocycles. The number of aromatic nitrogens is 3. The van der Waals surface area contributed by atoms with Crippen LogP contribution in [0.15, 0.2) is 0 Å². The van der Waals surface area contributed by atoms with Gasteiger partial charge in [0.25, 0.3) is 0 Å². The second-order valence-corrected chi connectivity index (χ2v) is 2.41. The molecule has 10 nitrogen and oxygen atoms in total. The molecule has 6 N–H and O–H groups in total. The molecule has 0 bridgehead atoms. The van der Waals surface area contributed by atoms with Crippen molar-refractivity contribution in [2.45, 2.75) is 0 Å². The van der Waals surface area contributed by atoms with Gasteiger partial charge in [0.1, 0.15) is 11.4 Å². The van der Waals surface area contributed by atoms with Crippen molar-refractivity contribution in [3.63, 3.8) is 0 Å². The summed E-state index contributed by atoms with van der Waals surface area (Å²) in [6.45, 7) is -0.164. The van der Waals surface area contributed by atoms with Gasteiger partial charge in [-0.15, -0.1) is 0 Å². The third-order valence-corrected chi connectivity index (χ3v) is 1.04. The topological polar surface area (TPSA) is 183 Å². The Labute approximate surface area is 86.3 Å². The van der Waals surface area contributed by atoms with E-state index in [1.165, 1.54) is 0 Å². The minimum Gasteiger partial charge on any atom is -0.740 e. The summed E-state index contributed by atoms with van der Waals surface area (Å²) < 4.78 is 21.6. The molecule has 1 heterocycles. The van der Waals surface area contributed by atoms with Crippen molar-refractivity contribution in [1.29, 1.82) is 0 Å². The molecule has 0 aliphatic carbocycles. The Hall–Kier alpha value is -2.01. The zero-order valence-electron chi connectivity index (χ0n) is 7.19. The highest BCUT2D eigenvalue weighted by molar-refractivity contribution is 7.74. The van der Waals surface area contributed by atoms with E-state index < -0.39 is 11.4 Å². The van der Waals surface area contributed by atoms with Crippen LogP contribution in [0.1, 0.15) is 0 Å². The first kappa shape index (κ1) is 13.0. The fourth-order valence-electron chi connectivity index (χ4n) is 0.459. The number of nitrogens with two attached hydrogens (primary N) is 3. The van der Waals surface area contributed by atoms with Crippen LogP contribution in [0.3, 0.4) is 0 Å². The van der Waals surface area contributed by atoms with Gasteiger partial charge >= 0.3 is 6.47 Å². The van der Waals surface area contributed by atoms with Crippen LogP contribution < -0.4 is 17.2 Å². The van der Waals surface area contributed by atoms with Crippen molar-refractivity contribution in [3.05, 3.63) is 0 Å². The lowest BCUT2D eigenvalue weighted by Crippen LogP contribution is -2.05. The van der Waals surface area contributed by atoms with E-state index in [0.717, 1.165) is 0 Å². The number of nitrogens with zero attached hydrogens (tertiary/aromatic N) is 3. The van der Waals surface area contributed by atoms with Crippen LogP contribution in [0.2, 0.25) is 0 Å².